The molecule has 1 aromatic heterocycles. The Hall–Kier alpha value is -1.31. The molecule has 0 spiro atoms. The zero-order valence-corrected chi connectivity index (χ0v) is 14.4. The summed E-state index contributed by atoms with van der Waals surface area (Å²) in [6.07, 6.45) is 0. The maximum Gasteiger partial charge on any atom is 0.161 e. The van der Waals surface area contributed by atoms with Gasteiger partial charge < -0.3 is 5.32 Å². The molecule has 0 atom stereocenters. The summed E-state index contributed by atoms with van der Waals surface area (Å²) >= 11 is 2.19. The normalized spacial score (nSPS) is 11.6. The molecular weight excluding hydrogens is 387 g/mol. The Morgan fingerprint density at radius 1 is 1.10 bits per heavy atom. The highest BCUT2D eigenvalue weighted by Gasteiger charge is 2.23. The first kappa shape index (κ1) is 16.1. The van der Waals surface area contributed by atoms with Gasteiger partial charge in [0.2, 0.25) is 0 Å². The van der Waals surface area contributed by atoms with Crippen molar-refractivity contribution in [2.24, 2.45) is 0 Å². The molecule has 3 nitrogen and oxygen atoms in total. The molecule has 1 heterocycles. The summed E-state index contributed by atoms with van der Waals surface area (Å²) in [7, 11) is 1.77. The summed E-state index contributed by atoms with van der Waals surface area (Å²) < 4.78 is 27.4. The minimum atomic E-state index is -0.905. The first-order chi connectivity index (χ1) is 9.74. The molecule has 6 heteroatoms. The summed E-state index contributed by atoms with van der Waals surface area (Å²) in [5, 5.41) is 3.02. The minimum Gasteiger partial charge on any atom is -0.372 e. The van der Waals surface area contributed by atoms with Crippen molar-refractivity contribution < 1.29 is 8.78 Å². The van der Waals surface area contributed by atoms with E-state index in [9.17, 15) is 8.78 Å². The van der Waals surface area contributed by atoms with E-state index in [1.807, 2.05) is 20.8 Å². The molecule has 2 rings (SSSR count). The molecule has 0 aliphatic heterocycles. The van der Waals surface area contributed by atoms with Crippen molar-refractivity contribution in [2.45, 2.75) is 26.2 Å². The van der Waals surface area contributed by atoms with Gasteiger partial charge in [0.1, 0.15) is 5.82 Å². The summed E-state index contributed by atoms with van der Waals surface area (Å²) in [6, 6.07) is 3.68. The second-order valence-electron chi connectivity index (χ2n) is 5.69. The van der Waals surface area contributed by atoms with Crippen molar-refractivity contribution in [1.82, 2.24) is 9.97 Å². The third kappa shape index (κ3) is 3.30. The van der Waals surface area contributed by atoms with E-state index < -0.39 is 11.6 Å². The largest absolute Gasteiger partial charge is 0.372 e. The second-order valence-corrected chi connectivity index (χ2v) is 6.77. The van der Waals surface area contributed by atoms with E-state index in [0.717, 1.165) is 21.4 Å². The van der Waals surface area contributed by atoms with Gasteiger partial charge in [0.15, 0.2) is 17.5 Å². The van der Waals surface area contributed by atoms with Crippen LogP contribution in [0.4, 0.5) is 14.6 Å². The van der Waals surface area contributed by atoms with Gasteiger partial charge in [0.05, 0.1) is 9.26 Å². The van der Waals surface area contributed by atoms with Crippen LogP contribution in [0.1, 0.15) is 26.5 Å². The van der Waals surface area contributed by atoms with Crippen LogP contribution in [0.2, 0.25) is 0 Å². The number of anilines is 1. The van der Waals surface area contributed by atoms with Crippen LogP contribution in [0.5, 0.6) is 0 Å². The molecule has 0 aliphatic carbocycles. The highest BCUT2D eigenvalue weighted by atomic mass is 127. The zero-order chi connectivity index (χ0) is 15.8. The molecule has 0 bridgehead atoms. The van der Waals surface area contributed by atoms with E-state index >= 15 is 0 Å². The zero-order valence-electron chi connectivity index (χ0n) is 12.3. The Labute approximate surface area is 136 Å². The van der Waals surface area contributed by atoms with Crippen LogP contribution in [0, 0.1) is 15.2 Å². The fourth-order valence-corrected chi connectivity index (χ4v) is 3.19. The molecule has 0 radical (unpaired) electrons. The Bertz CT molecular complexity index is 681. The smallest absolute Gasteiger partial charge is 0.161 e. The number of aromatic nitrogens is 2. The number of benzene rings is 1. The number of rotatable bonds is 2. The molecule has 112 valence electrons. The number of nitrogens with one attached hydrogen (secondary N) is 1. The summed E-state index contributed by atoms with van der Waals surface area (Å²) in [6.45, 7) is 6.14. The Morgan fingerprint density at radius 2 is 1.76 bits per heavy atom. The van der Waals surface area contributed by atoms with Gasteiger partial charge in [0, 0.05) is 18.0 Å². The van der Waals surface area contributed by atoms with Crippen LogP contribution in [-0.4, -0.2) is 17.0 Å². The highest BCUT2D eigenvalue weighted by Crippen LogP contribution is 2.31. The van der Waals surface area contributed by atoms with Gasteiger partial charge in [-0.25, -0.2) is 18.7 Å². The summed E-state index contributed by atoms with van der Waals surface area (Å²) in [5.74, 6) is -0.731. The molecular formula is C15H16F2IN3. The fourth-order valence-electron chi connectivity index (χ4n) is 1.87. The molecule has 2 aromatic rings. The molecule has 0 amide bonds. The summed E-state index contributed by atoms with van der Waals surface area (Å²) in [5.41, 5.74) is 1.13. The average molecular weight is 403 g/mol. The lowest BCUT2D eigenvalue weighted by Crippen LogP contribution is -2.18. The monoisotopic (exact) mass is 403 g/mol. The van der Waals surface area contributed by atoms with E-state index in [4.69, 9.17) is 0 Å². The van der Waals surface area contributed by atoms with Crippen LogP contribution >= 0.6 is 22.6 Å². The Kier molecular flexibility index (Phi) is 4.46. The maximum atomic E-state index is 13.4. The predicted molar refractivity (Wildman–Crippen MR) is 88.3 cm³/mol. The minimum absolute atomic E-state index is 0.182. The van der Waals surface area contributed by atoms with Gasteiger partial charge >= 0.3 is 0 Å². The topological polar surface area (TPSA) is 37.8 Å². The number of nitrogens with zero attached hydrogens (tertiary/aromatic N) is 2. The van der Waals surface area contributed by atoms with Crippen molar-refractivity contribution in [1.29, 1.82) is 0 Å². The SMILES string of the molecule is CNc1nc(-c2ccc(F)c(F)c2)nc(C(C)(C)C)c1I. The lowest BCUT2D eigenvalue weighted by Gasteiger charge is -2.21. The van der Waals surface area contributed by atoms with Gasteiger partial charge in [-0.1, -0.05) is 20.8 Å². The molecule has 0 saturated heterocycles. The van der Waals surface area contributed by atoms with Crippen LogP contribution in [0.3, 0.4) is 0 Å². The van der Waals surface area contributed by atoms with E-state index in [2.05, 4.69) is 37.9 Å². The van der Waals surface area contributed by atoms with Crippen molar-refractivity contribution in [3.63, 3.8) is 0 Å². The fraction of sp³-hybridized carbons (Fsp3) is 0.333. The third-order valence-corrected chi connectivity index (χ3v) is 4.00. The van der Waals surface area contributed by atoms with E-state index in [0.29, 0.717) is 17.2 Å². The van der Waals surface area contributed by atoms with Crippen molar-refractivity contribution in [2.75, 3.05) is 12.4 Å². The lowest BCUT2D eigenvalue weighted by molar-refractivity contribution is 0.509. The van der Waals surface area contributed by atoms with E-state index in [1.54, 1.807) is 7.05 Å². The van der Waals surface area contributed by atoms with Crippen molar-refractivity contribution in [3.05, 3.63) is 39.1 Å². The molecule has 1 N–H and O–H groups in total. The van der Waals surface area contributed by atoms with Gasteiger partial charge in [-0.05, 0) is 40.8 Å². The number of hydrogen-bond acceptors (Lipinski definition) is 3. The predicted octanol–water partition coefficient (Wildman–Crippen LogP) is 4.37. The molecule has 1 aromatic carbocycles. The third-order valence-electron chi connectivity index (χ3n) is 2.98. The summed E-state index contributed by atoms with van der Waals surface area (Å²) in [4.78, 5) is 8.93. The molecule has 0 fully saturated rings. The number of hydrogen-bond donors (Lipinski definition) is 1. The highest BCUT2D eigenvalue weighted by molar-refractivity contribution is 14.1. The standard InChI is InChI=1S/C15H16F2IN3/c1-15(2,3)12-11(18)14(19-4)21-13(20-12)8-5-6-9(16)10(17)7-8/h5-7H,1-4H3,(H,19,20,21). The van der Waals surface area contributed by atoms with Crippen LogP contribution in [0.15, 0.2) is 18.2 Å². The molecule has 0 unspecified atom stereocenters. The van der Waals surface area contributed by atoms with Gasteiger partial charge in [-0.15, -0.1) is 0 Å². The first-order valence-corrected chi connectivity index (χ1v) is 7.53. The molecule has 0 aliphatic rings. The Morgan fingerprint density at radius 3 is 2.29 bits per heavy atom. The van der Waals surface area contributed by atoms with Crippen LogP contribution in [0.25, 0.3) is 11.4 Å². The quantitative estimate of drug-likeness (QED) is 0.758. The molecule has 0 saturated carbocycles. The van der Waals surface area contributed by atoms with Gasteiger partial charge in [0.25, 0.3) is 0 Å². The van der Waals surface area contributed by atoms with Crippen LogP contribution in [-0.2, 0) is 5.41 Å². The molecule has 21 heavy (non-hydrogen) atoms. The van der Waals surface area contributed by atoms with E-state index in [1.165, 1.54) is 6.07 Å². The maximum absolute atomic E-state index is 13.4. The first-order valence-electron chi connectivity index (χ1n) is 6.45. The second kappa shape index (κ2) is 5.82. The van der Waals surface area contributed by atoms with Crippen molar-refractivity contribution in [3.8, 4) is 11.4 Å². The van der Waals surface area contributed by atoms with E-state index in [-0.39, 0.29) is 5.41 Å². The van der Waals surface area contributed by atoms with Crippen LogP contribution < -0.4 is 5.32 Å². The van der Waals surface area contributed by atoms with Gasteiger partial charge in [-0.2, -0.15) is 0 Å². The average Bonchev–Trinajstić information content (AvgIpc) is 2.41. The lowest BCUT2D eigenvalue weighted by atomic mass is 9.91. The Balaban J connectivity index is 2.66. The van der Waals surface area contributed by atoms with Crippen molar-refractivity contribution >= 4 is 28.4 Å². The van der Waals surface area contributed by atoms with Gasteiger partial charge in [-0.3, -0.25) is 0 Å². The number of halogens is 3.